The lowest BCUT2D eigenvalue weighted by atomic mass is 9.58. The normalized spacial score (nSPS) is 22.9. The number of carbonyl (C=O) groups is 2. The molecular formula is C55H62F3N3O7Si. The highest BCUT2D eigenvalue weighted by atomic mass is 28.4. The predicted octanol–water partition coefficient (Wildman–Crippen LogP) is 12.4. The van der Waals surface area contributed by atoms with Gasteiger partial charge in [-0.25, -0.2) is 0 Å². The number of likely N-dealkylation sites (tertiary alicyclic amines) is 1. The molecule has 1 aromatic heterocycles. The Morgan fingerprint density at radius 1 is 0.870 bits per heavy atom. The highest BCUT2D eigenvalue weighted by Gasteiger charge is 2.68. The van der Waals surface area contributed by atoms with Crippen LogP contribution in [0, 0.1) is 11.8 Å². The van der Waals surface area contributed by atoms with Crippen molar-refractivity contribution in [1.29, 1.82) is 0 Å². The van der Waals surface area contributed by atoms with Crippen LogP contribution in [-0.4, -0.2) is 65.2 Å². The number of aliphatic hydroxyl groups excluding tert-OH is 1. The molecule has 0 bridgehead atoms. The van der Waals surface area contributed by atoms with E-state index in [1.54, 1.807) is 0 Å². The zero-order valence-electron chi connectivity index (χ0n) is 40.5. The third-order valence-electron chi connectivity index (χ3n) is 15.4. The van der Waals surface area contributed by atoms with Crippen LogP contribution in [0.15, 0.2) is 113 Å². The maximum Gasteiger partial charge on any atom is 0.417 e. The molecule has 0 spiro atoms. The fraction of sp³-hybridized carbons (Fsp3) is 0.436. The lowest BCUT2D eigenvalue weighted by Gasteiger charge is -2.55. The van der Waals surface area contributed by atoms with Crippen LogP contribution >= 0.6 is 0 Å². The first-order valence-corrected chi connectivity index (χ1v) is 27.2. The molecule has 364 valence electrons. The number of Topliss-reactive ketones (excluding diaryl/α,β-unsaturated/α-hetero) is 2. The van der Waals surface area contributed by atoms with Gasteiger partial charge in [0.25, 0.3) is 5.88 Å². The molecule has 3 aliphatic carbocycles. The number of allylic oxidation sites excluding steroid dienone is 1. The maximum absolute atomic E-state index is 16.2. The minimum Gasteiger partial charge on any atom is -0.508 e. The summed E-state index contributed by atoms with van der Waals surface area (Å²) in [5, 5.41) is 17.2. The Bertz CT molecular complexity index is 2730. The number of nitrogens with zero attached hydrogens (tertiary/aromatic N) is 3. The van der Waals surface area contributed by atoms with Crippen LogP contribution in [0.4, 0.5) is 13.2 Å². The van der Waals surface area contributed by atoms with Gasteiger partial charge in [-0.1, -0.05) is 126 Å². The van der Waals surface area contributed by atoms with Crippen LogP contribution in [0.5, 0.6) is 11.6 Å². The second kappa shape index (κ2) is 18.7. The van der Waals surface area contributed by atoms with Crippen molar-refractivity contribution in [3.05, 3.63) is 159 Å². The van der Waals surface area contributed by atoms with Crippen LogP contribution in [-0.2, 0) is 36.8 Å². The number of ether oxygens (including phenoxy) is 2. The monoisotopic (exact) mass is 961 g/mol. The smallest absolute Gasteiger partial charge is 0.417 e. The fourth-order valence-electron chi connectivity index (χ4n) is 11.1. The second-order valence-corrected chi connectivity index (χ2v) is 25.2. The SMILES string of the molecule is CCN(CC)[C@@H]1c2onc(OCc3ccccc3)c2C(=O)[C@@]2(O[Si](C)(C)C(C)(C)C)C(O)=C3C(=O)c4c(OCc5ccccc5)cc(C5CCCN5Cc5ccccc5)c(C(F)(F)F)c4C[C@H]3C[C@@H]12. The van der Waals surface area contributed by atoms with Crippen LogP contribution in [0.2, 0.25) is 18.1 Å². The van der Waals surface area contributed by atoms with E-state index in [4.69, 9.17) is 18.4 Å². The first-order valence-electron chi connectivity index (χ1n) is 24.2. The molecular weight excluding hydrogens is 900 g/mol. The highest BCUT2D eigenvalue weighted by Crippen LogP contribution is 2.61. The van der Waals surface area contributed by atoms with E-state index in [1.165, 1.54) is 6.07 Å². The molecule has 1 unspecified atom stereocenters. The molecule has 5 aromatic rings. The van der Waals surface area contributed by atoms with Crippen LogP contribution in [0.1, 0.15) is 126 Å². The average Bonchev–Trinajstić information content (AvgIpc) is 3.97. The Labute approximate surface area is 403 Å². The zero-order valence-corrected chi connectivity index (χ0v) is 41.5. The molecule has 0 saturated carbocycles. The van der Waals surface area contributed by atoms with Gasteiger partial charge in [-0.05, 0) is 108 Å². The van der Waals surface area contributed by atoms with Crippen molar-refractivity contribution in [3.63, 3.8) is 0 Å². The summed E-state index contributed by atoms with van der Waals surface area (Å²) >= 11 is 0. The molecule has 1 saturated heterocycles. The topological polar surface area (TPSA) is 115 Å². The minimum absolute atomic E-state index is 0.00237. The number of aliphatic hydroxyl groups is 1. The maximum atomic E-state index is 16.2. The first kappa shape index (κ1) is 48.5. The number of rotatable bonds is 14. The molecule has 1 fully saturated rings. The molecule has 14 heteroatoms. The summed E-state index contributed by atoms with van der Waals surface area (Å²) < 4.78 is 74.9. The number of fused-ring (bicyclic) bond motifs is 4. The van der Waals surface area contributed by atoms with E-state index in [-0.39, 0.29) is 71.3 Å². The number of benzene rings is 4. The molecule has 0 amide bonds. The molecule has 9 rings (SSSR count). The zero-order chi connectivity index (χ0) is 49.0. The third-order valence-corrected chi connectivity index (χ3v) is 19.9. The number of alkyl halides is 3. The third kappa shape index (κ3) is 8.65. The van der Waals surface area contributed by atoms with Gasteiger partial charge in [-0.15, -0.1) is 0 Å². The Kier molecular flexibility index (Phi) is 13.1. The van der Waals surface area contributed by atoms with E-state index in [1.807, 2.05) is 139 Å². The van der Waals surface area contributed by atoms with Crippen molar-refractivity contribution in [1.82, 2.24) is 15.0 Å². The largest absolute Gasteiger partial charge is 0.508 e. The summed E-state index contributed by atoms with van der Waals surface area (Å²) in [6.07, 6.45) is -3.90. The Morgan fingerprint density at radius 3 is 2.04 bits per heavy atom. The van der Waals surface area contributed by atoms with E-state index in [0.29, 0.717) is 39.0 Å². The van der Waals surface area contributed by atoms with Crippen molar-refractivity contribution >= 4 is 19.9 Å². The van der Waals surface area contributed by atoms with Gasteiger partial charge >= 0.3 is 6.18 Å². The van der Waals surface area contributed by atoms with Gasteiger partial charge in [-0.3, -0.25) is 19.4 Å². The highest BCUT2D eigenvalue weighted by molar-refractivity contribution is 6.74. The van der Waals surface area contributed by atoms with E-state index in [9.17, 15) is 5.11 Å². The van der Waals surface area contributed by atoms with Crippen LogP contribution < -0.4 is 9.47 Å². The van der Waals surface area contributed by atoms with Gasteiger partial charge < -0.3 is 23.5 Å². The number of halogens is 3. The summed E-state index contributed by atoms with van der Waals surface area (Å²) in [6, 6.07) is 28.4. The summed E-state index contributed by atoms with van der Waals surface area (Å²) in [4.78, 5) is 35.9. The molecule has 5 atom stereocenters. The molecule has 4 aromatic carbocycles. The summed E-state index contributed by atoms with van der Waals surface area (Å²) in [5.41, 5.74) is -0.891. The molecule has 2 heterocycles. The summed E-state index contributed by atoms with van der Waals surface area (Å²) in [6.45, 7) is 16.0. The van der Waals surface area contributed by atoms with E-state index < -0.39 is 71.9 Å². The molecule has 4 aliphatic rings. The predicted molar refractivity (Wildman–Crippen MR) is 259 cm³/mol. The van der Waals surface area contributed by atoms with Crippen molar-refractivity contribution in [2.75, 3.05) is 19.6 Å². The minimum atomic E-state index is -4.86. The summed E-state index contributed by atoms with van der Waals surface area (Å²) in [7, 11) is -3.08. The van der Waals surface area contributed by atoms with E-state index >= 15 is 22.8 Å². The standard InChI is InChI=1S/C55H62F3N3O7Si/c1-8-60(9-2)47-40-29-37-28-39-44(42(65-32-35-22-15-11-16-23-35)30-38(46(39)55(56,57)58)41-26-19-27-61(41)31-34-20-13-10-14-21-34)48(62)43(37)50(63)54(40,68-69(6,7)53(3,4)5)51(64)45-49(47)67-59-52(45)66-33-36-24-17-12-18-25-36/h10-18,20-25,30,37,40-41,47,63H,8-9,19,26-29,31-33H2,1-7H3/t37-,40-,41?,47-,54-/m0/s1. The van der Waals surface area contributed by atoms with Gasteiger partial charge in [0, 0.05) is 24.1 Å². The number of aromatic nitrogens is 1. The van der Waals surface area contributed by atoms with Gasteiger partial charge in [-0.2, -0.15) is 13.2 Å². The average molecular weight is 962 g/mol. The lowest BCUT2D eigenvalue weighted by molar-refractivity contribution is -0.139. The van der Waals surface area contributed by atoms with Gasteiger partial charge in [0.15, 0.2) is 25.5 Å². The molecule has 69 heavy (non-hydrogen) atoms. The van der Waals surface area contributed by atoms with Crippen LogP contribution in [0.3, 0.4) is 0 Å². The second-order valence-electron chi connectivity index (χ2n) is 20.5. The molecule has 0 radical (unpaired) electrons. The quantitative estimate of drug-likeness (QED) is 0.108. The summed E-state index contributed by atoms with van der Waals surface area (Å²) in [5.74, 6) is -3.73. The number of ketones is 2. The van der Waals surface area contributed by atoms with E-state index in [2.05, 4.69) is 15.0 Å². The van der Waals surface area contributed by atoms with Crippen LogP contribution in [0.25, 0.3) is 0 Å². The Hall–Kier alpha value is -5.54. The number of hydrogen-bond acceptors (Lipinski definition) is 10. The van der Waals surface area contributed by atoms with Gasteiger partial charge in [0.2, 0.25) is 5.78 Å². The van der Waals surface area contributed by atoms with E-state index in [0.717, 1.165) is 16.7 Å². The molecule has 1 aliphatic heterocycles. The van der Waals surface area contributed by atoms with Gasteiger partial charge in [0.05, 0.1) is 17.2 Å². The van der Waals surface area contributed by atoms with Crippen molar-refractivity contribution in [3.8, 4) is 11.6 Å². The van der Waals surface area contributed by atoms with Crippen molar-refractivity contribution < 1.29 is 46.3 Å². The molecule has 10 nitrogen and oxygen atoms in total. The Morgan fingerprint density at radius 2 is 1.46 bits per heavy atom. The number of carbonyl (C=O) groups excluding carboxylic acids is 2. The van der Waals surface area contributed by atoms with Crippen molar-refractivity contribution in [2.24, 2.45) is 11.8 Å². The fourth-order valence-corrected chi connectivity index (χ4v) is 12.6. The Balaban J connectivity index is 1.26. The molecule has 1 N–H and O–H groups in total. The number of hydrogen-bond donors (Lipinski definition) is 1. The lowest BCUT2D eigenvalue weighted by Crippen LogP contribution is -2.65. The first-order chi connectivity index (χ1) is 32.9. The van der Waals surface area contributed by atoms with Gasteiger partial charge in [0.1, 0.15) is 30.3 Å². The van der Waals surface area contributed by atoms with Crippen molar-refractivity contribution in [2.45, 2.75) is 122 Å².